The zero-order chi connectivity index (χ0) is 14.1. The first-order chi connectivity index (χ1) is 10.4. The number of morpholine rings is 1. The Balaban J connectivity index is 1.38. The van der Waals surface area contributed by atoms with Crippen molar-refractivity contribution in [3.05, 3.63) is 24.2 Å². The van der Waals surface area contributed by atoms with Gasteiger partial charge < -0.3 is 9.15 Å². The van der Waals surface area contributed by atoms with Gasteiger partial charge in [0.15, 0.2) is 0 Å². The Morgan fingerprint density at radius 1 is 1.10 bits per heavy atom. The Morgan fingerprint density at radius 3 is 2.81 bits per heavy atom. The molecule has 0 spiro atoms. The van der Waals surface area contributed by atoms with E-state index in [0.717, 1.165) is 50.9 Å². The molecule has 1 saturated carbocycles. The van der Waals surface area contributed by atoms with Gasteiger partial charge in [-0.05, 0) is 43.7 Å². The molecule has 0 unspecified atom stereocenters. The summed E-state index contributed by atoms with van der Waals surface area (Å²) in [6.07, 6.45) is 7.50. The van der Waals surface area contributed by atoms with Gasteiger partial charge in [0.2, 0.25) is 0 Å². The summed E-state index contributed by atoms with van der Waals surface area (Å²) < 4.78 is 11.6. The molecule has 3 aliphatic rings. The summed E-state index contributed by atoms with van der Waals surface area (Å²) in [5.74, 6) is 2.06. The van der Waals surface area contributed by atoms with Gasteiger partial charge in [0.05, 0.1) is 25.5 Å². The highest BCUT2D eigenvalue weighted by molar-refractivity contribution is 4.99. The number of furan rings is 1. The van der Waals surface area contributed by atoms with Crippen LogP contribution in [0.15, 0.2) is 22.8 Å². The van der Waals surface area contributed by atoms with Crippen molar-refractivity contribution in [1.29, 1.82) is 0 Å². The third-order valence-corrected chi connectivity index (χ3v) is 5.23. The number of hydrogen-bond donors (Lipinski definition) is 0. The Labute approximate surface area is 127 Å². The predicted molar refractivity (Wildman–Crippen MR) is 81.0 cm³/mol. The van der Waals surface area contributed by atoms with Gasteiger partial charge in [-0.1, -0.05) is 0 Å². The van der Waals surface area contributed by atoms with E-state index in [0.29, 0.717) is 12.1 Å². The lowest BCUT2D eigenvalue weighted by molar-refractivity contribution is -0.0727. The van der Waals surface area contributed by atoms with E-state index < -0.39 is 0 Å². The number of likely N-dealkylation sites (tertiary alicyclic amines) is 1. The van der Waals surface area contributed by atoms with Crippen molar-refractivity contribution in [3.63, 3.8) is 0 Å². The van der Waals surface area contributed by atoms with Crippen LogP contribution in [-0.2, 0) is 11.3 Å². The monoisotopic (exact) mass is 290 g/mol. The Bertz CT molecular complexity index is 444. The molecule has 0 bridgehead atoms. The van der Waals surface area contributed by atoms with Gasteiger partial charge in [0.1, 0.15) is 5.76 Å². The fourth-order valence-corrected chi connectivity index (χ4v) is 3.85. The molecule has 4 heteroatoms. The van der Waals surface area contributed by atoms with Crippen molar-refractivity contribution in [3.8, 4) is 0 Å². The summed E-state index contributed by atoms with van der Waals surface area (Å²) in [7, 11) is 0. The molecule has 2 atom stereocenters. The second-order valence-electron chi connectivity index (χ2n) is 6.85. The Morgan fingerprint density at radius 2 is 2.00 bits per heavy atom. The zero-order valence-corrected chi connectivity index (χ0v) is 12.7. The average Bonchev–Trinajstić information content (AvgIpc) is 3.21. The van der Waals surface area contributed by atoms with Crippen molar-refractivity contribution in [2.75, 3.05) is 32.8 Å². The van der Waals surface area contributed by atoms with Crippen LogP contribution in [-0.4, -0.2) is 54.7 Å². The zero-order valence-electron chi connectivity index (χ0n) is 12.7. The number of ether oxygens (including phenoxy) is 1. The normalized spacial score (nSPS) is 31.8. The third-order valence-electron chi connectivity index (χ3n) is 5.23. The van der Waals surface area contributed by atoms with Gasteiger partial charge in [-0.25, -0.2) is 0 Å². The van der Waals surface area contributed by atoms with E-state index in [-0.39, 0.29) is 0 Å². The summed E-state index contributed by atoms with van der Waals surface area (Å²) in [4.78, 5) is 5.25. The van der Waals surface area contributed by atoms with E-state index in [9.17, 15) is 0 Å². The van der Waals surface area contributed by atoms with Crippen molar-refractivity contribution in [1.82, 2.24) is 9.80 Å². The maximum Gasteiger partial charge on any atom is 0.117 e. The predicted octanol–water partition coefficient (Wildman–Crippen LogP) is 2.35. The molecule has 3 heterocycles. The first-order valence-electron chi connectivity index (χ1n) is 8.49. The SMILES string of the molecule is c1coc(CN2CC[C@H]3OCCN(CC4CC4)[C@H]3CC2)c1. The molecule has 1 aromatic heterocycles. The molecule has 116 valence electrons. The largest absolute Gasteiger partial charge is 0.468 e. The maximum atomic E-state index is 6.09. The third kappa shape index (κ3) is 3.33. The highest BCUT2D eigenvalue weighted by Gasteiger charge is 2.37. The lowest BCUT2D eigenvalue weighted by Crippen LogP contribution is -2.51. The Kier molecular flexibility index (Phi) is 4.01. The molecule has 2 saturated heterocycles. The number of rotatable bonds is 4. The van der Waals surface area contributed by atoms with Gasteiger partial charge in [-0.3, -0.25) is 9.80 Å². The molecule has 0 aromatic carbocycles. The van der Waals surface area contributed by atoms with Gasteiger partial charge in [-0.15, -0.1) is 0 Å². The molecule has 2 aliphatic heterocycles. The molecule has 3 fully saturated rings. The average molecular weight is 290 g/mol. The molecule has 21 heavy (non-hydrogen) atoms. The number of nitrogens with zero attached hydrogens (tertiary/aromatic N) is 2. The topological polar surface area (TPSA) is 28.9 Å². The molecule has 4 nitrogen and oxygen atoms in total. The van der Waals surface area contributed by atoms with E-state index in [1.165, 1.54) is 25.8 Å². The van der Waals surface area contributed by atoms with E-state index >= 15 is 0 Å². The summed E-state index contributed by atoms with van der Waals surface area (Å²) >= 11 is 0. The lowest BCUT2D eigenvalue weighted by Gasteiger charge is -2.40. The Hall–Kier alpha value is -0.840. The first-order valence-corrected chi connectivity index (χ1v) is 8.49. The first kappa shape index (κ1) is 13.8. The van der Waals surface area contributed by atoms with Gasteiger partial charge in [0.25, 0.3) is 0 Å². The van der Waals surface area contributed by atoms with Crippen LogP contribution >= 0.6 is 0 Å². The maximum absolute atomic E-state index is 6.09. The molecule has 0 amide bonds. The molecular weight excluding hydrogens is 264 g/mol. The minimum atomic E-state index is 0.444. The van der Waals surface area contributed by atoms with Crippen molar-refractivity contribution in [2.45, 2.75) is 44.4 Å². The summed E-state index contributed by atoms with van der Waals surface area (Å²) in [5.41, 5.74) is 0. The summed E-state index contributed by atoms with van der Waals surface area (Å²) in [6, 6.07) is 4.70. The van der Waals surface area contributed by atoms with Gasteiger partial charge >= 0.3 is 0 Å². The standard InChI is InChI=1S/C17H26N2O2/c1-2-15(20-10-1)13-18-7-5-16-17(6-8-18)21-11-9-19(16)12-14-3-4-14/h1-2,10,14,16-17H,3-9,11-13H2/t16-,17+/m0/s1. The van der Waals surface area contributed by atoms with Crippen LogP contribution < -0.4 is 0 Å². The lowest BCUT2D eigenvalue weighted by atomic mass is 10.0. The van der Waals surface area contributed by atoms with Crippen LogP contribution in [0.5, 0.6) is 0 Å². The van der Waals surface area contributed by atoms with Crippen LogP contribution in [0.3, 0.4) is 0 Å². The highest BCUT2D eigenvalue weighted by Crippen LogP contribution is 2.33. The van der Waals surface area contributed by atoms with Crippen LogP contribution in [0, 0.1) is 5.92 Å². The smallest absolute Gasteiger partial charge is 0.117 e. The molecule has 1 aromatic rings. The van der Waals surface area contributed by atoms with Crippen LogP contribution in [0.4, 0.5) is 0 Å². The van der Waals surface area contributed by atoms with Crippen LogP contribution in [0.1, 0.15) is 31.4 Å². The quantitative estimate of drug-likeness (QED) is 0.851. The van der Waals surface area contributed by atoms with Gasteiger partial charge in [0, 0.05) is 32.2 Å². The van der Waals surface area contributed by atoms with Crippen molar-refractivity contribution in [2.24, 2.45) is 5.92 Å². The van der Waals surface area contributed by atoms with E-state index in [2.05, 4.69) is 15.9 Å². The van der Waals surface area contributed by atoms with Crippen molar-refractivity contribution < 1.29 is 9.15 Å². The fourth-order valence-electron chi connectivity index (χ4n) is 3.85. The van der Waals surface area contributed by atoms with Crippen LogP contribution in [0.25, 0.3) is 0 Å². The number of fused-ring (bicyclic) bond motifs is 1. The van der Waals surface area contributed by atoms with Crippen LogP contribution in [0.2, 0.25) is 0 Å². The molecule has 1 aliphatic carbocycles. The van der Waals surface area contributed by atoms with E-state index in [1.807, 2.05) is 6.07 Å². The van der Waals surface area contributed by atoms with E-state index in [4.69, 9.17) is 9.15 Å². The highest BCUT2D eigenvalue weighted by atomic mass is 16.5. The molecule has 0 radical (unpaired) electrons. The second-order valence-corrected chi connectivity index (χ2v) is 6.85. The number of hydrogen-bond acceptors (Lipinski definition) is 4. The summed E-state index contributed by atoms with van der Waals surface area (Å²) in [5, 5.41) is 0. The molecular formula is C17H26N2O2. The fraction of sp³-hybridized carbons (Fsp3) is 0.765. The summed E-state index contributed by atoms with van der Waals surface area (Å²) in [6.45, 7) is 6.59. The van der Waals surface area contributed by atoms with Gasteiger partial charge in [-0.2, -0.15) is 0 Å². The minimum absolute atomic E-state index is 0.444. The molecule has 0 N–H and O–H groups in total. The minimum Gasteiger partial charge on any atom is -0.468 e. The van der Waals surface area contributed by atoms with Crippen molar-refractivity contribution >= 4 is 0 Å². The van der Waals surface area contributed by atoms with E-state index in [1.54, 1.807) is 6.26 Å². The molecule has 4 rings (SSSR count). The second kappa shape index (κ2) is 6.11.